The smallest absolute Gasteiger partial charge is 0.348 e. The van der Waals surface area contributed by atoms with Gasteiger partial charge in [-0.15, -0.1) is 0 Å². The summed E-state index contributed by atoms with van der Waals surface area (Å²) in [4.78, 5) is 12.1. The predicted octanol–water partition coefficient (Wildman–Crippen LogP) is 4.18. The molecule has 0 heterocycles. The lowest BCUT2D eigenvalue weighted by Crippen LogP contribution is -2.30. The molecule has 0 saturated carbocycles. The molecule has 20 heavy (non-hydrogen) atoms. The standard InChI is InChI=1S/C17H17FO2/c1-13(14-9-5-3-6-10-14)20-16(19)17(2,18)15-11-7-4-8-12-15/h3-13H,1-2H3. The Morgan fingerprint density at radius 3 is 2.10 bits per heavy atom. The summed E-state index contributed by atoms with van der Waals surface area (Å²) in [6.45, 7) is 2.96. The van der Waals surface area contributed by atoms with Crippen molar-refractivity contribution in [2.75, 3.05) is 0 Å². The van der Waals surface area contributed by atoms with Gasteiger partial charge in [0.05, 0.1) is 0 Å². The van der Waals surface area contributed by atoms with E-state index in [2.05, 4.69) is 0 Å². The number of halogens is 1. The summed E-state index contributed by atoms with van der Waals surface area (Å²) < 4.78 is 19.9. The van der Waals surface area contributed by atoms with Crippen LogP contribution in [0.15, 0.2) is 60.7 Å². The summed E-state index contributed by atoms with van der Waals surface area (Å²) in [7, 11) is 0. The van der Waals surface area contributed by atoms with Crippen molar-refractivity contribution in [2.24, 2.45) is 0 Å². The molecule has 0 aliphatic heterocycles. The van der Waals surface area contributed by atoms with Crippen LogP contribution in [0.25, 0.3) is 0 Å². The molecule has 0 fully saturated rings. The molecule has 104 valence electrons. The van der Waals surface area contributed by atoms with E-state index in [1.54, 1.807) is 37.3 Å². The minimum absolute atomic E-state index is 0.297. The maximum absolute atomic E-state index is 14.6. The SMILES string of the molecule is CC(OC(=O)C(C)(F)c1ccccc1)c1ccccc1. The number of hydrogen-bond donors (Lipinski definition) is 0. The van der Waals surface area contributed by atoms with E-state index in [0.29, 0.717) is 5.56 Å². The Bertz CT molecular complexity index is 564. The first-order valence-corrected chi connectivity index (χ1v) is 6.52. The molecule has 2 rings (SSSR count). The highest BCUT2D eigenvalue weighted by atomic mass is 19.1. The van der Waals surface area contributed by atoms with E-state index < -0.39 is 17.7 Å². The van der Waals surface area contributed by atoms with Crippen LogP contribution in [0.5, 0.6) is 0 Å². The van der Waals surface area contributed by atoms with Gasteiger partial charge in [0.25, 0.3) is 0 Å². The van der Waals surface area contributed by atoms with E-state index in [-0.39, 0.29) is 0 Å². The summed E-state index contributed by atoms with van der Waals surface area (Å²) in [5.74, 6) is -0.875. The molecular weight excluding hydrogens is 255 g/mol. The molecule has 0 bridgehead atoms. The quantitative estimate of drug-likeness (QED) is 0.781. The van der Waals surface area contributed by atoms with E-state index in [1.807, 2.05) is 30.3 Å². The molecule has 2 aromatic rings. The van der Waals surface area contributed by atoms with Crippen LogP contribution in [-0.4, -0.2) is 5.97 Å². The number of benzene rings is 2. The summed E-state index contributed by atoms with van der Waals surface area (Å²) in [5, 5.41) is 0. The summed E-state index contributed by atoms with van der Waals surface area (Å²) in [6, 6.07) is 17.6. The van der Waals surface area contributed by atoms with Crippen LogP contribution < -0.4 is 0 Å². The number of ether oxygens (including phenoxy) is 1. The predicted molar refractivity (Wildman–Crippen MR) is 75.9 cm³/mol. The van der Waals surface area contributed by atoms with Crippen LogP contribution in [-0.2, 0) is 15.2 Å². The number of carbonyl (C=O) groups is 1. The van der Waals surface area contributed by atoms with Crippen LogP contribution in [0.1, 0.15) is 31.1 Å². The van der Waals surface area contributed by atoms with E-state index >= 15 is 0 Å². The molecule has 0 amide bonds. The normalized spacial score (nSPS) is 15.2. The maximum atomic E-state index is 14.6. The first-order valence-electron chi connectivity index (χ1n) is 6.52. The number of alkyl halides is 1. The molecule has 0 spiro atoms. The fraction of sp³-hybridized carbons (Fsp3) is 0.235. The fourth-order valence-electron chi connectivity index (χ4n) is 1.93. The second kappa shape index (κ2) is 5.87. The van der Waals surface area contributed by atoms with Gasteiger partial charge in [-0.3, -0.25) is 0 Å². The molecule has 2 unspecified atom stereocenters. The molecule has 2 atom stereocenters. The summed E-state index contributed by atoms with van der Waals surface area (Å²) >= 11 is 0. The van der Waals surface area contributed by atoms with Crippen molar-refractivity contribution in [3.63, 3.8) is 0 Å². The van der Waals surface area contributed by atoms with Crippen molar-refractivity contribution in [1.29, 1.82) is 0 Å². The Morgan fingerprint density at radius 2 is 1.55 bits per heavy atom. The second-order valence-electron chi connectivity index (χ2n) is 4.83. The zero-order valence-corrected chi connectivity index (χ0v) is 11.5. The zero-order chi connectivity index (χ0) is 14.6. The molecule has 2 nitrogen and oxygen atoms in total. The van der Waals surface area contributed by atoms with Crippen molar-refractivity contribution in [3.05, 3.63) is 71.8 Å². The maximum Gasteiger partial charge on any atom is 0.348 e. The molecule has 0 aliphatic rings. The average Bonchev–Trinajstić information content (AvgIpc) is 2.49. The van der Waals surface area contributed by atoms with E-state index in [1.165, 1.54) is 6.92 Å². The minimum atomic E-state index is -2.15. The Morgan fingerprint density at radius 1 is 1.05 bits per heavy atom. The molecular formula is C17H17FO2. The molecule has 3 heteroatoms. The van der Waals surface area contributed by atoms with Crippen LogP contribution in [0.3, 0.4) is 0 Å². The molecule has 0 aliphatic carbocycles. The van der Waals surface area contributed by atoms with Crippen LogP contribution in [0, 0.1) is 0 Å². The molecule has 0 radical (unpaired) electrons. The van der Waals surface area contributed by atoms with Crippen molar-refractivity contribution in [2.45, 2.75) is 25.6 Å². The van der Waals surface area contributed by atoms with Gasteiger partial charge in [-0.05, 0) is 19.4 Å². The Hall–Kier alpha value is -2.16. The first kappa shape index (κ1) is 14.3. The Balaban J connectivity index is 2.12. The van der Waals surface area contributed by atoms with Gasteiger partial charge in [0, 0.05) is 5.56 Å². The second-order valence-corrected chi connectivity index (χ2v) is 4.83. The van der Waals surface area contributed by atoms with Gasteiger partial charge >= 0.3 is 5.97 Å². The number of rotatable bonds is 4. The monoisotopic (exact) mass is 272 g/mol. The Labute approximate surface area is 118 Å². The molecule has 0 N–H and O–H groups in total. The third-order valence-electron chi connectivity index (χ3n) is 3.25. The summed E-state index contributed by atoms with van der Waals surface area (Å²) in [6.07, 6.45) is -0.484. The van der Waals surface area contributed by atoms with Gasteiger partial charge < -0.3 is 4.74 Å². The highest BCUT2D eigenvalue weighted by Gasteiger charge is 2.37. The largest absolute Gasteiger partial charge is 0.455 e. The summed E-state index contributed by atoms with van der Waals surface area (Å²) in [5.41, 5.74) is -1.01. The highest BCUT2D eigenvalue weighted by molar-refractivity contribution is 5.80. The lowest BCUT2D eigenvalue weighted by Gasteiger charge is -2.22. The molecule has 0 saturated heterocycles. The van der Waals surface area contributed by atoms with Gasteiger partial charge in [-0.2, -0.15) is 0 Å². The molecule has 2 aromatic carbocycles. The number of hydrogen-bond acceptors (Lipinski definition) is 2. The van der Waals surface area contributed by atoms with E-state index in [0.717, 1.165) is 5.56 Å². The lowest BCUT2D eigenvalue weighted by atomic mass is 9.98. The van der Waals surface area contributed by atoms with E-state index in [4.69, 9.17) is 4.74 Å². The van der Waals surface area contributed by atoms with Gasteiger partial charge in [0.15, 0.2) is 0 Å². The first-order chi connectivity index (χ1) is 9.51. The molecule has 0 aromatic heterocycles. The number of carbonyl (C=O) groups excluding carboxylic acids is 1. The van der Waals surface area contributed by atoms with Crippen molar-refractivity contribution in [1.82, 2.24) is 0 Å². The Kier molecular flexibility index (Phi) is 4.18. The van der Waals surface area contributed by atoms with Crippen LogP contribution >= 0.6 is 0 Å². The number of esters is 1. The van der Waals surface area contributed by atoms with Crippen LogP contribution in [0.4, 0.5) is 4.39 Å². The fourth-order valence-corrected chi connectivity index (χ4v) is 1.93. The van der Waals surface area contributed by atoms with Gasteiger partial charge in [-0.25, -0.2) is 9.18 Å². The minimum Gasteiger partial charge on any atom is -0.455 e. The topological polar surface area (TPSA) is 26.3 Å². The van der Waals surface area contributed by atoms with Crippen molar-refractivity contribution >= 4 is 5.97 Å². The van der Waals surface area contributed by atoms with Gasteiger partial charge in [0.2, 0.25) is 5.67 Å². The third kappa shape index (κ3) is 3.05. The lowest BCUT2D eigenvalue weighted by molar-refractivity contribution is -0.162. The van der Waals surface area contributed by atoms with E-state index in [9.17, 15) is 9.18 Å². The van der Waals surface area contributed by atoms with Gasteiger partial charge in [0.1, 0.15) is 6.10 Å². The average molecular weight is 272 g/mol. The van der Waals surface area contributed by atoms with Crippen LogP contribution in [0.2, 0.25) is 0 Å². The zero-order valence-electron chi connectivity index (χ0n) is 11.5. The van der Waals surface area contributed by atoms with Crippen molar-refractivity contribution in [3.8, 4) is 0 Å². The third-order valence-corrected chi connectivity index (χ3v) is 3.25. The van der Waals surface area contributed by atoms with Gasteiger partial charge in [-0.1, -0.05) is 60.7 Å². The highest BCUT2D eigenvalue weighted by Crippen LogP contribution is 2.29. The van der Waals surface area contributed by atoms with Crippen molar-refractivity contribution < 1.29 is 13.9 Å².